The molecule has 3 heterocycles. The van der Waals surface area contributed by atoms with Gasteiger partial charge in [0.2, 0.25) is 0 Å². The number of aromatic amines is 1. The second-order valence-electron chi connectivity index (χ2n) is 7.92. The van der Waals surface area contributed by atoms with Crippen LogP contribution < -0.4 is 5.69 Å². The van der Waals surface area contributed by atoms with E-state index in [1.165, 1.54) is 23.3 Å². The van der Waals surface area contributed by atoms with Crippen LogP contribution >= 0.6 is 0 Å². The second kappa shape index (κ2) is 7.88. The molecule has 1 fully saturated rings. The molecule has 0 unspecified atom stereocenters. The smallest absolute Gasteiger partial charge is 0.305 e. The number of imidazole rings is 1. The Balaban J connectivity index is 1.28. The first-order chi connectivity index (χ1) is 14.7. The van der Waals surface area contributed by atoms with Crippen LogP contribution in [0.25, 0.3) is 22.2 Å². The minimum Gasteiger partial charge on any atom is -0.305 e. The largest absolute Gasteiger partial charge is 0.326 e. The highest BCUT2D eigenvalue weighted by Crippen LogP contribution is 2.26. The molecule has 0 aliphatic carbocycles. The highest BCUT2D eigenvalue weighted by Gasteiger charge is 2.23. The summed E-state index contributed by atoms with van der Waals surface area (Å²) in [6.07, 6.45) is 5.60. The van der Waals surface area contributed by atoms with Crippen molar-refractivity contribution in [3.8, 4) is 11.1 Å². The molecule has 2 aromatic heterocycles. The van der Waals surface area contributed by atoms with E-state index in [1.807, 2.05) is 30.6 Å². The van der Waals surface area contributed by atoms with E-state index in [9.17, 15) is 9.18 Å². The second-order valence-corrected chi connectivity index (χ2v) is 7.92. The number of H-pyrrole nitrogens is 1. The zero-order valence-corrected chi connectivity index (χ0v) is 16.6. The number of likely N-dealkylation sites (tertiary alicyclic amines) is 1. The molecule has 0 amide bonds. The maximum atomic E-state index is 13.5. The monoisotopic (exact) mass is 402 g/mol. The Labute approximate surface area is 173 Å². The van der Waals surface area contributed by atoms with E-state index in [4.69, 9.17) is 0 Å². The fraction of sp³-hybridized carbons (Fsp3) is 0.250. The molecule has 30 heavy (non-hydrogen) atoms. The van der Waals surface area contributed by atoms with Crippen molar-refractivity contribution >= 4 is 11.0 Å². The van der Waals surface area contributed by atoms with Crippen LogP contribution in [0.15, 0.2) is 71.8 Å². The third kappa shape index (κ3) is 3.66. The molecule has 5 rings (SSSR count). The van der Waals surface area contributed by atoms with E-state index < -0.39 is 0 Å². The highest BCUT2D eigenvalue weighted by molar-refractivity contribution is 5.75. The zero-order chi connectivity index (χ0) is 20.5. The summed E-state index contributed by atoms with van der Waals surface area (Å²) in [5, 5.41) is 0. The number of nitrogens with one attached hydrogen (secondary N) is 1. The van der Waals surface area contributed by atoms with Crippen molar-refractivity contribution < 1.29 is 4.39 Å². The summed E-state index contributed by atoms with van der Waals surface area (Å²) in [6, 6.07) is 17.1. The number of nitrogens with zero attached hydrogens (tertiary/aromatic N) is 3. The zero-order valence-electron chi connectivity index (χ0n) is 16.6. The van der Waals surface area contributed by atoms with E-state index in [-0.39, 0.29) is 17.5 Å². The van der Waals surface area contributed by atoms with Gasteiger partial charge in [-0.3, -0.25) is 14.5 Å². The third-order valence-electron chi connectivity index (χ3n) is 5.91. The average molecular weight is 402 g/mol. The highest BCUT2D eigenvalue weighted by atomic mass is 19.1. The van der Waals surface area contributed by atoms with E-state index in [1.54, 1.807) is 10.6 Å². The Bertz CT molecular complexity index is 1220. The molecule has 2 aromatic carbocycles. The molecular weight excluding hydrogens is 379 g/mol. The molecule has 0 atom stereocenters. The molecule has 1 aliphatic rings. The summed E-state index contributed by atoms with van der Waals surface area (Å²) >= 11 is 0. The number of aromatic nitrogens is 3. The number of piperidine rings is 1. The van der Waals surface area contributed by atoms with Crippen LogP contribution in [0.4, 0.5) is 4.39 Å². The van der Waals surface area contributed by atoms with Crippen LogP contribution in [-0.2, 0) is 6.54 Å². The molecule has 1 saturated heterocycles. The first-order valence-electron chi connectivity index (χ1n) is 10.3. The van der Waals surface area contributed by atoms with E-state index in [0.29, 0.717) is 5.52 Å². The first kappa shape index (κ1) is 18.8. The molecule has 152 valence electrons. The van der Waals surface area contributed by atoms with Gasteiger partial charge in [-0.25, -0.2) is 9.18 Å². The number of hydrogen-bond acceptors (Lipinski definition) is 3. The van der Waals surface area contributed by atoms with Gasteiger partial charge >= 0.3 is 5.69 Å². The topological polar surface area (TPSA) is 53.9 Å². The SMILES string of the molecule is O=c1[nH]c2cc(F)ccc2n1C1CCN(Cc2cncc(-c3ccccc3)c2)CC1. The lowest BCUT2D eigenvalue weighted by Crippen LogP contribution is -2.36. The van der Waals surface area contributed by atoms with Crippen LogP contribution in [0, 0.1) is 5.82 Å². The van der Waals surface area contributed by atoms with Crippen molar-refractivity contribution in [2.24, 2.45) is 0 Å². The van der Waals surface area contributed by atoms with Crippen molar-refractivity contribution in [2.75, 3.05) is 13.1 Å². The van der Waals surface area contributed by atoms with Gasteiger partial charge in [0.1, 0.15) is 5.82 Å². The van der Waals surface area contributed by atoms with Crippen molar-refractivity contribution in [2.45, 2.75) is 25.4 Å². The van der Waals surface area contributed by atoms with Crippen molar-refractivity contribution in [1.82, 2.24) is 19.4 Å². The van der Waals surface area contributed by atoms with Gasteiger partial charge in [-0.15, -0.1) is 0 Å². The number of pyridine rings is 1. The number of halogens is 1. The maximum Gasteiger partial charge on any atom is 0.326 e. The number of fused-ring (bicyclic) bond motifs is 1. The summed E-state index contributed by atoms with van der Waals surface area (Å²) in [4.78, 5) is 22.1. The molecule has 5 nitrogen and oxygen atoms in total. The van der Waals surface area contributed by atoms with Crippen molar-refractivity contribution in [3.63, 3.8) is 0 Å². The first-order valence-corrected chi connectivity index (χ1v) is 10.3. The van der Waals surface area contributed by atoms with Gasteiger partial charge in [0, 0.05) is 43.6 Å². The van der Waals surface area contributed by atoms with E-state index in [2.05, 4.69) is 33.1 Å². The Morgan fingerprint density at radius 2 is 1.80 bits per heavy atom. The van der Waals surface area contributed by atoms with Crippen molar-refractivity contribution in [1.29, 1.82) is 0 Å². The molecular formula is C24H23FN4O. The third-order valence-corrected chi connectivity index (χ3v) is 5.91. The van der Waals surface area contributed by atoms with Gasteiger partial charge in [0.05, 0.1) is 11.0 Å². The lowest BCUT2D eigenvalue weighted by Gasteiger charge is -2.32. The van der Waals surface area contributed by atoms with Gasteiger partial charge in [-0.05, 0) is 48.2 Å². The molecule has 1 N–H and O–H groups in total. The van der Waals surface area contributed by atoms with Gasteiger partial charge in [-0.1, -0.05) is 30.3 Å². The normalized spacial score (nSPS) is 15.6. The summed E-state index contributed by atoms with van der Waals surface area (Å²) in [6.45, 7) is 2.65. The Hall–Kier alpha value is -3.25. The van der Waals surface area contributed by atoms with E-state index >= 15 is 0 Å². The number of hydrogen-bond donors (Lipinski definition) is 1. The standard InChI is InChI=1S/C24H23FN4O/c25-20-6-7-23-22(13-20)27-24(30)29(23)21-8-10-28(11-9-21)16-17-12-19(15-26-14-17)18-4-2-1-3-5-18/h1-7,12-15,21H,8-11,16H2,(H,27,30). The predicted octanol–water partition coefficient (Wildman–Crippen LogP) is 4.37. The van der Waals surface area contributed by atoms with Crippen LogP contribution in [0.3, 0.4) is 0 Å². The van der Waals surface area contributed by atoms with Crippen LogP contribution in [0.2, 0.25) is 0 Å². The molecule has 0 saturated carbocycles. The predicted molar refractivity (Wildman–Crippen MR) is 116 cm³/mol. The summed E-state index contributed by atoms with van der Waals surface area (Å²) in [7, 11) is 0. The minimum atomic E-state index is -0.336. The van der Waals surface area contributed by atoms with E-state index in [0.717, 1.165) is 43.6 Å². The average Bonchev–Trinajstić information content (AvgIpc) is 3.10. The maximum absolute atomic E-state index is 13.5. The molecule has 6 heteroatoms. The fourth-order valence-corrected chi connectivity index (χ4v) is 4.42. The Kier molecular flexibility index (Phi) is 4.93. The quantitative estimate of drug-likeness (QED) is 0.552. The molecule has 4 aromatic rings. The summed E-state index contributed by atoms with van der Waals surface area (Å²) in [5.41, 5.74) is 4.66. The Morgan fingerprint density at radius 1 is 1.00 bits per heavy atom. The minimum absolute atomic E-state index is 0.127. The lowest BCUT2D eigenvalue weighted by molar-refractivity contribution is 0.180. The van der Waals surface area contributed by atoms with Crippen LogP contribution in [0.5, 0.6) is 0 Å². The van der Waals surface area contributed by atoms with Crippen LogP contribution in [-0.4, -0.2) is 32.5 Å². The van der Waals surface area contributed by atoms with Gasteiger partial charge < -0.3 is 4.98 Å². The lowest BCUT2D eigenvalue weighted by atomic mass is 10.0. The molecule has 0 bridgehead atoms. The fourth-order valence-electron chi connectivity index (χ4n) is 4.42. The summed E-state index contributed by atoms with van der Waals surface area (Å²) in [5.74, 6) is -0.336. The molecule has 0 radical (unpaired) electrons. The van der Waals surface area contributed by atoms with Crippen LogP contribution in [0.1, 0.15) is 24.4 Å². The number of rotatable bonds is 4. The van der Waals surface area contributed by atoms with Gasteiger partial charge in [0.15, 0.2) is 0 Å². The molecule has 0 spiro atoms. The molecule has 1 aliphatic heterocycles. The summed E-state index contributed by atoms with van der Waals surface area (Å²) < 4.78 is 15.3. The number of benzene rings is 2. The van der Waals surface area contributed by atoms with Crippen molar-refractivity contribution in [3.05, 3.63) is 88.9 Å². The Morgan fingerprint density at radius 3 is 2.60 bits per heavy atom. The van der Waals surface area contributed by atoms with Gasteiger partial charge in [0.25, 0.3) is 0 Å². The van der Waals surface area contributed by atoms with Gasteiger partial charge in [-0.2, -0.15) is 0 Å².